The average molecular weight is 500 g/mol. The van der Waals surface area contributed by atoms with E-state index in [1.165, 1.54) is 43.7 Å². The Kier molecular flexibility index (Phi) is 6.62. The lowest BCUT2D eigenvalue weighted by Crippen LogP contribution is -2.27. The quantitative estimate of drug-likeness (QED) is 0.411. The maximum Gasteiger partial charge on any atom is 0.264 e. The number of nitrogens with zero attached hydrogens (tertiary/aromatic N) is 4. The first-order valence-electron chi connectivity index (χ1n) is 10.0. The second kappa shape index (κ2) is 9.62. The maximum absolute atomic E-state index is 13.2. The molecule has 0 aliphatic rings. The van der Waals surface area contributed by atoms with Crippen LogP contribution in [0.1, 0.15) is 15.9 Å². The van der Waals surface area contributed by atoms with Gasteiger partial charge < -0.3 is 0 Å². The van der Waals surface area contributed by atoms with Gasteiger partial charge >= 0.3 is 0 Å². The number of anilines is 2. The lowest BCUT2D eigenvalue weighted by Gasteiger charge is -2.20. The van der Waals surface area contributed by atoms with Crippen LogP contribution in [0.5, 0.6) is 0 Å². The van der Waals surface area contributed by atoms with Gasteiger partial charge in [-0.2, -0.15) is 0 Å². The standard InChI is InChI=1S/C23H19ClFN5O3S/c1-29(18-9-7-17(25)8-10-18)34(32,33)19-11-12-21(24)20(13-19)22(31)27-23-26-15-30(28-23)14-16-5-3-2-4-6-16/h2-13,15H,14H2,1H3,(H,27,28,31). The highest BCUT2D eigenvalue weighted by atomic mass is 35.5. The minimum Gasteiger partial charge on any atom is -0.289 e. The summed E-state index contributed by atoms with van der Waals surface area (Å²) in [6.07, 6.45) is 1.47. The number of halogens is 2. The molecule has 34 heavy (non-hydrogen) atoms. The van der Waals surface area contributed by atoms with Crippen LogP contribution in [0.2, 0.25) is 5.02 Å². The van der Waals surface area contributed by atoms with Crippen molar-refractivity contribution in [1.82, 2.24) is 14.8 Å². The number of nitrogens with one attached hydrogen (secondary N) is 1. The van der Waals surface area contributed by atoms with Crippen LogP contribution in [-0.4, -0.2) is 36.1 Å². The van der Waals surface area contributed by atoms with Crippen molar-refractivity contribution in [1.29, 1.82) is 0 Å². The normalized spacial score (nSPS) is 11.3. The van der Waals surface area contributed by atoms with Crippen LogP contribution in [0.15, 0.2) is 84.0 Å². The first kappa shape index (κ1) is 23.4. The molecule has 0 saturated heterocycles. The zero-order chi connectivity index (χ0) is 24.3. The third-order valence-electron chi connectivity index (χ3n) is 4.98. The fourth-order valence-electron chi connectivity index (χ4n) is 3.15. The summed E-state index contributed by atoms with van der Waals surface area (Å²) in [5.41, 5.74) is 1.21. The molecule has 4 aromatic rings. The average Bonchev–Trinajstić information content (AvgIpc) is 3.26. The molecule has 0 radical (unpaired) electrons. The molecule has 0 fully saturated rings. The summed E-state index contributed by atoms with van der Waals surface area (Å²) in [6, 6.07) is 18.4. The smallest absolute Gasteiger partial charge is 0.264 e. The van der Waals surface area contributed by atoms with Gasteiger partial charge in [0.05, 0.1) is 27.7 Å². The van der Waals surface area contributed by atoms with E-state index in [4.69, 9.17) is 11.6 Å². The van der Waals surface area contributed by atoms with E-state index in [1.54, 1.807) is 4.68 Å². The van der Waals surface area contributed by atoms with Crippen molar-refractivity contribution >= 4 is 39.2 Å². The van der Waals surface area contributed by atoms with Gasteiger partial charge in [-0.1, -0.05) is 41.9 Å². The summed E-state index contributed by atoms with van der Waals surface area (Å²) in [6.45, 7) is 0.466. The summed E-state index contributed by atoms with van der Waals surface area (Å²) in [4.78, 5) is 16.7. The fraction of sp³-hybridized carbons (Fsp3) is 0.0870. The van der Waals surface area contributed by atoms with Gasteiger partial charge in [-0.3, -0.25) is 14.4 Å². The van der Waals surface area contributed by atoms with Gasteiger partial charge in [0.1, 0.15) is 12.1 Å². The first-order valence-corrected chi connectivity index (χ1v) is 11.8. The monoisotopic (exact) mass is 499 g/mol. The molecule has 4 rings (SSSR count). The Labute approximate surface area is 200 Å². The summed E-state index contributed by atoms with van der Waals surface area (Å²) in [5.74, 6) is -1.10. The van der Waals surface area contributed by atoms with E-state index in [2.05, 4.69) is 15.4 Å². The van der Waals surface area contributed by atoms with E-state index in [1.807, 2.05) is 30.3 Å². The van der Waals surface area contributed by atoms with E-state index in [9.17, 15) is 17.6 Å². The molecule has 8 nitrogen and oxygen atoms in total. The lowest BCUT2D eigenvalue weighted by molar-refractivity contribution is 0.102. The lowest BCUT2D eigenvalue weighted by atomic mass is 10.2. The third kappa shape index (κ3) is 5.08. The molecule has 0 saturated carbocycles. The van der Waals surface area contributed by atoms with Gasteiger partial charge in [0, 0.05) is 7.05 Å². The molecular formula is C23H19ClFN5O3S. The predicted molar refractivity (Wildman–Crippen MR) is 127 cm³/mol. The molecule has 0 unspecified atom stereocenters. The molecule has 1 N–H and O–H groups in total. The number of amides is 1. The van der Waals surface area contributed by atoms with Crippen LogP contribution in [0, 0.1) is 5.82 Å². The van der Waals surface area contributed by atoms with Gasteiger partial charge in [0.2, 0.25) is 5.95 Å². The van der Waals surface area contributed by atoms with Crippen LogP contribution in [0.4, 0.5) is 16.0 Å². The molecule has 0 aliphatic heterocycles. The van der Waals surface area contributed by atoms with Gasteiger partial charge in [-0.25, -0.2) is 22.5 Å². The molecule has 1 aromatic heterocycles. The zero-order valence-corrected chi connectivity index (χ0v) is 19.5. The highest BCUT2D eigenvalue weighted by molar-refractivity contribution is 7.92. The Morgan fingerprint density at radius 3 is 2.50 bits per heavy atom. The Morgan fingerprint density at radius 2 is 1.79 bits per heavy atom. The Bertz CT molecular complexity index is 1430. The number of rotatable bonds is 7. The molecule has 174 valence electrons. The number of carbonyl (C=O) groups is 1. The molecule has 0 atom stereocenters. The number of benzene rings is 3. The molecule has 0 spiro atoms. The zero-order valence-electron chi connectivity index (χ0n) is 17.9. The fourth-order valence-corrected chi connectivity index (χ4v) is 4.58. The Balaban J connectivity index is 1.54. The Hall–Kier alpha value is -3.76. The third-order valence-corrected chi connectivity index (χ3v) is 7.09. The van der Waals surface area contributed by atoms with Crippen LogP contribution in [-0.2, 0) is 16.6 Å². The summed E-state index contributed by atoms with van der Waals surface area (Å²) >= 11 is 6.18. The van der Waals surface area contributed by atoms with Gasteiger partial charge in [-0.15, -0.1) is 5.10 Å². The van der Waals surface area contributed by atoms with Crippen molar-refractivity contribution in [2.75, 3.05) is 16.7 Å². The van der Waals surface area contributed by atoms with Crippen molar-refractivity contribution < 1.29 is 17.6 Å². The summed E-state index contributed by atoms with van der Waals surface area (Å²) in [5, 5.41) is 6.81. The van der Waals surface area contributed by atoms with E-state index in [0.29, 0.717) is 6.54 Å². The van der Waals surface area contributed by atoms with Crippen LogP contribution >= 0.6 is 11.6 Å². The van der Waals surface area contributed by atoms with E-state index < -0.39 is 21.7 Å². The molecular weight excluding hydrogens is 481 g/mol. The number of aromatic nitrogens is 3. The van der Waals surface area contributed by atoms with Crippen molar-refractivity contribution in [2.24, 2.45) is 0 Å². The maximum atomic E-state index is 13.2. The minimum atomic E-state index is -4.04. The van der Waals surface area contributed by atoms with E-state index in [0.717, 1.165) is 22.0 Å². The van der Waals surface area contributed by atoms with E-state index >= 15 is 0 Å². The Morgan fingerprint density at radius 1 is 1.09 bits per heavy atom. The van der Waals surface area contributed by atoms with Crippen molar-refractivity contribution in [2.45, 2.75) is 11.4 Å². The molecule has 11 heteroatoms. The van der Waals surface area contributed by atoms with Crippen molar-refractivity contribution in [3.05, 3.63) is 101 Å². The first-order chi connectivity index (χ1) is 16.2. The minimum absolute atomic E-state index is 0.0497. The van der Waals surface area contributed by atoms with Crippen LogP contribution in [0.25, 0.3) is 0 Å². The molecule has 0 aliphatic carbocycles. The molecule has 1 heterocycles. The van der Waals surface area contributed by atoms with Gasteiger partial charge in [0.25, 0.3) is 15.9 Å². The molecule has 1 amide bonds. The van der Waals surface area contributed by atoms with Gasteiger partial charge in [0.15, 0.2) is 0 Å². The number of hydrogen-bond donors (Lipinski definition) is 1. The topological polar surface area (TPSA) is 97.2 Å². The summed E-state index contributed by atoms with van der Waals surface area (Å²) in [7, 11) is -2.71. The SMILES string of the molecule is CN(c1ccc(F)cc1)S(=O)(=O)c1ccc(Cl)c(C(=O)Nc2ncn(Cc3ccccc3)n2)c1. The van der Waals surface area contributed by atoms with Crippen LogP contribution < -0.4 is 9.62 Å². The second-order valence-electron chi connectivity index (χ2n) is 7.30. The molecule has 0 bridgehead atoms. The van der Waals surface area contributed by atoms with Crippen LogP contribution in [0.3, 0.4) is 0 Å². The van der Waals surface area contributed by atoms with Crippen molar-refractivity contribution in [3.63, 3.8) is 0 Å². The number of sulfonamides is 1. The van der Waals surface area contributed by atoms with Crippen molar-refractivity contribution in [3.8, 4) is 0 Å². The predicted octanol–water partition coefficient (Wildman–Crippen LogP) is 4.20. The number of hydrogen-bond acceptors (Lipinski definition) is 5. The highest BCUT2D eigenvalue weighted by Gasteiger charge is 2.24. The van der Waals surface area contributed by atoms with E-state index in [-0.39, 0.29) is 27.1 Å². The molecule has 3 aromatic carbocycles. The number of carbonyl (C=O) groups excluding carboxylic acids is 1. The second-order valence-corrected chi connectivity index (χ2v) is 9.67. The summed E-state index contributed by atoms with van der Waals surface area (Å²) < 4.78 is 41.9. The van der Waals surface area contributed by atoms with Gasteiger partial charge in [-0.05, 0) is 48.0 Å². The highest BCUT2D eigenvalue weighted by Crippen LogP contribution is 2.26. The largest absolute Gasteiger partial charge is 0.289 e.